The molecule has 0 spiro atoms. The van der Waals surface area contributed by atoms with Gasteiger partial charge < -0.3 is 15.7 Å². The number of aliphatic hydroxyl groups excluding tert-OH is 1. The molecule has 0 bridgehead atoms. The second kappa shape index (κ2) is 7.95. The van der Waals surface area contributed by atoms with Gasteiger partial charge in [0.1, 0.15) is 17.5 Å². The lowest BCUT2D eigenvalue weighted by atomic mass is 10.1. The van der Waals surface area contributed by atoms with Crippen molar-refractivity contribution in [3.8, 4) is 0 Å². The van der Waals surface area contributed by atoms with Gasteiger partial charge in [0.25, 0.3) is 0 Å². The SMILES string of the molecule is CC(C)[C@H](CO)Nc1nc(NCc2cc(F)cc(F)c2)cc(C2CC2)n1. The van der Waals surface area contributed by atoms with Crippen LogP contribution in [-0.2, 0) is 6.54 Å². The van der Waals surface area contributed by atoms with Gasteiger partial charge in [0.15, 0.2) is 0 Å². The first-order valence-electron chi connectivity index (χ1n) is 8.90. The summed E-state index contributed by atoms with van der Waals surface area (Å²) in [4.78, 5) is 9.00. The number of aliphatic hydroxyl groups is 1. The quantitative estimate of drug-likeness (QED) is 0.668. The fraction of sp³-hybridized carbons (Fsp3) is 0.474. The molecule has 0 saturated heterocycles. The van der Waals surface area contributed by atoms with Crippen LogP contribution in [0.25, 0.3) is 0 Å². The van der Waals surface area contributed by atoms with E-state index in [1.807, 2.05) is 19.9 Å². The number of rotatable bonds is 8. The van der Waals surface area contributed by atoms with E-state index in [1.54, 1.807) is 0 Å². The van der Waals surface area contributed by atoms with Gasteiger partial charge in [0, 0.05) is 24.6 Å². The summed E-state index contributed by atoms with van der Waals surface area (Å²) in [7, 11) is 0. The highest BCUT2D eigenvalue weighted by Crippen LogP contribution is 2.40. The zero-order valence-corrected chi connectivity index (χ0v) is 15.0. The van der Waals surface area contributed by atoms with E-state index in [9.17, 15) is 13.9 Å². The van der Waals surface area contributed by atoms with Crippen LogP contribution in [-0.4, -0.2) is 27.7 Å². The molecule has 1 aromatic heterocycles. The largest absolute Gasteiger partial charge is 0.394 e. The number of anilines is 2. The first-order valence-corrected chi connectivity index (χ1v) is 8.90. The Balaban J connectivity index is 1.77. The summed E-state index contributed by atoms with van der Waals surface area (Å²) in [6, 6.07) is 5.16. The number of hydrogen-bond donors (Lipinski definition) is 3. The Morgan fingerprint density at radius 3 is 2.38 bits per heavy atom. The smallest absolute Gasteiger partial charge is 0.225 e. The van der Waals surface area contributed by atoms with Crippen LogP contribution in [0.5, 0.6) is 0 Å². The maximum absolute atomic E-state index is 13.3. The second-order valence-corrected chi connectivity index (χ2v) is 7.08. The first kappa shape index (κ1) is 18.5. The molecule has 0 aliphatic heterocycles. The Hall–Kier alpha value is -2.28. The molecule has 0 amide bonds. The normalized spacial score (nSPS) is 15.2. The summed E-state index contributed by atoms with van der Waals surface area (Å²) in [6.45, 7) is 4.26. The topological polar surface area (TPSA) is 70.1 Å². The van der Waals surface area contributed by atoms with Gasteiger partial charge in [0.05, 0.1) is 18.3 Å². The van der Waals surface area contributed by atoms with Crippen molar-refractivity contribution in [2.24, 2.45) is 5.92 Å². The van der Waals surface area contributed by atoms with Crippen LogP contribution >= 0.6 is 0 Å². The molecule has 2 aromatic rings. The van der Waals surface area contributed by atoms with Crippen molar-refractivity contribution < 1.29 is 13.9 Å². The Morgan fingerprint density at radius 2 is 1.81 bits per heavy atom. The monoisotopic (exact) mass is 362 g/mol. The minimum Gasteiger partial charge on any atom is -0.394 e. The molecule has 3 N–H and O–H groups in total. The number of aromatic nitrogens is 2. The van der Waals surface area contributed by atoms with Crippen molar-refractivity contribution >= 4 is 11.8 Å². The Labute approximate surface area is 151 Å². The van der Waals surface area contributed by atoms with Crippen LogP contribution in [0.2, 0.25) is 0 Å². The number of nitrogens with zero attached hydrogens (tertiary/aromatic N) is 2. The van der Waals surface area contributed by atoms with Crippen LogP contribution < -0.4 is 10.6 Å². The third-order valence-electron chi connectivity index (χ3n) is 4.45. The maximum atomic E-state index is 13.3. The average Bonchev–Trinajstić information content (AvgIpc) is 3.41. The highest BCUT2D eigenvalue weighted by atomic mass is 19.1. The predicted octanol–water partition coefficient (Wildman–Crippen LogP) is 3.67. The van der Waals surface area contributed by atoms with Crippen molar-refractivity contribution in [2.45, 2.75) is 45.2 Å². The van der Waals surface area contributed by atoms with E-state index in [1.165, 1.54) is 12.1 Å². The molecule has 1 aromatic carbocycles. The summed E-state index contributed by atoms with van der Waals surface area (Å²) in [5.41, 5.74) is 1.44. The molecule has 5 nitrogen and oxygen atoms in total. The number of halogens is 2. The van der Waals surface area contributed by atoms with Gasteiger partial charge in [-0.25, -0.2) is 13.8 Å². The summed E-state index contributed by atoms with van der Waals surface area (Å²) < 4.78 is 26.7. The van der Waals surface area contributed by atoms with Crippen LogP contribution in [0.15, 0.2) is 24.3 Å². The molecule has 1 aliphatic rings. The van der Waals surface area contributed by atoms with E-state index in [4.69, 9.17) is 0 Å². The second-order valence-electron chi connectivity index (χ2n) is 7.08. The van der Waals surface area contributed by atoms with Gasteiger partial charge in [-0.15, -0.1) is 0 Å². The molecule has 1 atom stereocenters. The van der Waals surface area contributed by atoms with Crippen LogP contribution in [0.4, 0.5) is 20.5 Å². The molecule has 3 rings (SSSR count). The standard InChI is InChI=1S/C19H24F2N4O/c1-11(2)17(10-26)24-19-23-16(13-3-4-13)8-18(25-19)22-9-12-5-14(20)7-15(21)6-12/h5-8,11,13,17,26H,3-4,9-10H2,1-2H3,(H2,22,23,24,25)/t17-/m0/s1. The van der Waals surface area contributed by atoms with Crippen LogP contribution in [0, 0.1) is 17.6 Å². The summed E-state index contributed by atoms with van der Waals surface area (Å²) in [5.74, 6) is 0.489. The van der Waals surface area contributed by atoms with Gasteiger partial charge in [-0.1, -0.05) is 13.8 Å². The summed E-state index contributed by atoms with van der Waals surface area (Å²) in [6.07, 6.45) is 2.19. The fourth-order valence-electron chi connectivity index (χ4n) is 2.70. The molecule has 140 valence electrons. The zero-order valence-electron chi connectivity index (χ0n) is 15.0. The third-order valence-corrected chi connectivity index (χ3v) is 4.45. The Bertz CT molecular complexity index is 745. The Morgan fingerprint density at radius 1 is 1.12 bits per heavy atom. The lowest BCUT2D eigenvalue weighted by Gasteiger charge is -2.20. The number of benzene rings is 1. The highest BCUT2D eigenvalue weighted by Gasteiger charge is 2.26. The lowest BCUT2D eigenvalue weighted by molar-refractivity contribution is 0.248. The van der Waals surface area contributed by atoms with Gasteiger partial charge >= 0.3 is 0 Å². The van der Waals surface area contributed by atoms with Gasteiger partial charge in [-0.05, 0) is 36.5 Å². The van der Waals surface area contributed by atoms with Crippen LogP contribution in [0.1, 0.15) is 43.9 Å². The van der Waals surface area contributed by atoms with E-state index >= 15 is 0 Å². The predicted molar refractivity (Wildman–Crippen MR) is 97.0 cm³/mol. The van der Waals surface area contributed by atoms with Crippen molar-refractivity contribution in [3.63, 3.8) is 0 Å². The van der Waals surface area contributed by atoms with Crippen molar-refractivity contribution in [2.75, 3.05) is 17.2 Å². The van der Waals surface area contributed by atoms with Crippen molar-refractivity contribution in [1.29, 1.82) is 0 Å². The third kappa shape index (κ3) is 4.88. The maximum Gasteiger partial charge on any atom is 0.225 e. The summed E-state index contributed by atoms with van der Waals surface area (Å²) in [5, 5.41) is 15.8. The molecule has 1 saturated carbocycles. The highest BCUT2D eigenvalue weighted by molar-refractivity contribution is 5.45. The average molecular weight is 362 g/mol. The van der Waals surface area contributed by atoms with Gasteiger partial charge in [-0.3, -0.25) is 0 Å². The van der Waals surface area contributed by atoms with Gasteiger partial charge in [0.2, 0.25) is 5.95 Å². The molecule has 0 radical (unpaired) electrons. The molecule has 0 unspecified atom stereocenters. The van der Waals surface area contributed by atoms with Crippen LogP contribution in [0.3, 0.4) is 0 Å². The minimum absolute atomic E-state index is 0.0139. The molecular weight excluding hydrogens is 338 g/mol. The molecule has 1 heterocycles. The fourth-order valence-corrected chi connectivity index (χ4v) is 2.70. The Kier molecular flexibility index (Phi) is 5.66. The van der Waals surface area contributed by atoms with E-state index in [-0.39, 0.29) is 25.1 Å². The number of nitrogens with one attached hydrogen (secondary N) is 2. The molecule has 1 aliphatic carbocycles. The first-order chi connectivity index (χ1) is 12.4. The van der Waals surface area contributed by atoms with E-state index in [0.717, 1.165) is 24.6 Å². The van der Waals surface area contributed by atoms with Crippen molar-refractivity contribution in [3.05, 3.63) is 47.2 Å². The lowest BCUT2D eigenvalue weighted by Crippen LogP contribution is -2.30. The van der Waals surface area contributed by atoms with E-state index < -0.39 is 11.6 Å². The van der Waals surface area contributed by atoms with Gasteiger partial charge in [-0.2, -0.15) is 4.98 Å². The number of hydrogen-bond acceptors (Lipinski definition) is 5. The molecule has 7 heteroatoms. The zero-order chi connectivity index (χ0) is 18.7. The molecule has 1 fully saturated rings. The van der Waals surface area contributed by atoms with Crippen molar-refractivity contribution in [1.82, 2.24) is 9.97 Å². The molecule has 26 heavy (non-hydrogen) atoms. The molecular formula is C19H24F2N4O. The van der Waals surface area contributed by atoms with E-state index in [2.05, 4.69) is 20.6 Å². The van der Waals surface area contributed by atoms with E-state index in [0.29, 0.717) is 23.2 Å². The summed E-state index contributed by atoms with van der Waals surface area (Å²) >= 11 is 0. The minimum atomic E-state index is -0.603.